The number of aromatic hydroxyl groups is 1. The number of hydrogen-bond acceptors (Lipinski definition) is 2. The van der Waals surface area contributed by atoms with Gasteiger partial charge in [0.15, 0.2) is 0 Å². The minimum absolute atomic E-state index is 0.257. The lowest BCUT2D eigenvalue weighted by atomic mass is 9.95. The molecule has 1 aromatic carbocycles. The summed E-state index contributed by atoms with van der Waals surface area (Å²) in [7, 11) is 0. The summed E-state index contributed by atoms with van der Waals surface area (Å²) in [6.07, 6.45) is -4.52. The SMILES string of the molecule is CC(CO)c1c(O)cccc1C(F)(F)F. The van der Waals surface area contributed by atoms with Crippen LogP contribution in [0.4, 0.5) is 13.2 Å². The number of aliphatic hydroxyl groups is 1. The van der Waals surface area contributed by atoms with Gasteiger partial charge in [0.25, 0.3) is 0 Å². The summed E-state index contributed by atoms with van der Waals surface area (Å²) in [5.74, 6) is -1.19. The summed E-state index contributed by atoms with van der Waals surface area (Å²) in [5.41, 5.74) is -1.16. The van der Waals surface area contributed by atoms with E-state index in [0.717, 1.165) is 12.1 Å². The van der Waals surface area contributed by atoms with Crippen molar-refractivity contribution in [3.05, 3.63) is 29.3 Å². The summed E-state index contributed by atoms with van der Waals surface area (Å²) >= 11 is 0. The molecule has 1 rings (SSSR count). The topological polar surface area (TPSA) is 40.5 Å². The lowest BCUT2D eigenvalue weighted by Crippen LogP contribution is -2.12. The smallest absolute Gasteiger partial charge is 0.416 e. The van der Waals surface area contributed by atoms with Gasteiger partial charge in [0.05, 0.1) is 5.56 Å². The van der Waals surface area contributed by atoms with Gasteiger partial charge in [-0.25, -0.2) is 0 Å². The lowest BCUT2D eigenvalue weighted by Gasteiger charge is -2.17. The Morgan fingerprint density at radius 2 is 1.93 bits per heavy atom. The third-order valence-corrected chi connectivity index (χ3v) is 2.16. The van der Waals surface area contributed by atoms with E-state index in [0.29, 0.717) is 0 Å². The molecule has 0 radical (unpaired) electrons. The molecule has 0 aliphatic heterocycles. The average Bonchev–Trinajstić information content (AvgIpc) is 2.15. The average molecular weight is 220 g/mol. The Morgan fingerprint density at radius 1 is 1.33 bits per heavy atom. The molecule has 0 saturated heterocycles. The Bertz CT molecular complexity index is 347. The molecular weight excluding hydrogens is 209 g/mol. The predicted molar refractivity (Wildman–Crippen MR) is 48.6 cm³/mol. The Labute approximate surface area is 85.0 Å². The fraction of sp³-hybridized carbons (Fsp3) is 0.400. The van der Waals surface area contributed by atoms with E-state index in [2.05, 4.69) is 0 Å². The number of benzene rings is 1. The molecule has 0 aromatic heterocycles. The van der Waals surface area contributed by atoms with Crippen LogP contribution in [-0.2, 0) is 6.18 Å². The molecule has 2 N–H and O–H groups in total. The molecule has 0 fully saturated rings. The first-order valence-corrected chi connectivity index (χ1v) is 4.38. The second kappa shape index (κ2) is 4.10. The van der Waals surface area contributed by atoms with Crippen LogP contribution >= 0.6 is 0 Å². The number of hydrogen-bond donors (Lipinski definition) is 2. The first-order chi connectivity index (χ1) is 6.88. The molecule has 0 bridgehead atoms. The zero-order chi connectivity index (χ0) is 11.6. The normalized spacial score (nSPS) is 13.9. The van der Waals surface area contributed by atoms with Gasteiger partial charge in [-0.2, -0.15) is 13.2 Å². The Kier molecular flexibility index (Phi) is 3.24. The molecule has 84 valence electrons. The molecule has 0 spiro atoms. The van der Waals surface area contributed by atoms with E-state index >= 15 is 0 Å². The van der Waals surface area contributed by atoms with E-state index in [-0.39, 0.29) is 5.56 Å². The highest BCUT2D eigenvalue weighted by molar-refractivity contribution is 5.43. The number of phenolic OH excluding ortho intramolecular Hbond substituents is 1. The van der Waals surface area contributed by atoms with Crippen LogP contribution in [0.2, 0.25) is 0 Å². The highest BCUT2D eigenvalue weighted by Gasteiger charge is 2.35. The van der Waals surface area contributed by atoms with Crippen molar-refractivity contribution >= 4 is 0 Å². The second-order valence-electron chi connectivity index (χ2n) is 3.32. The van der Waals surface area contributed by atoms with Crippen LogP contribution in [0.1, 0.15) is 24.0 Å². The zero-order valence-corrected chi connectivity index (χ0v) is 8.04. The van der Waals surface area contributed by atoms with E-state index < -0.39 is 30.0 Å². The predicted octanol–water partition coefficient (Wildman–Crippen LogP) is 2.51. The second-order valence-corrected chi connectivity index (χ2v) is 3.32. The number of phenols is 1. The number of aliphatic hydroxyl groups excluding tert-OH is 1. The Hall–Kier alpha value is -1.23. The van der Waals surface area contributed by atoms with Crippen LogP contribution in [0.5, 0.6) is 5.75 Å². The number of halogens is 3. The fourth-order valence-electron chi connectivity index (χ4n) is 1.41. The first-order valence-electron chi connectivity index (χ1n) is 4.38. The molecule has 5 heteroatoms. The zero-order valence-electron chi connectivity index (χ0n) is 8.04. The van der Waals surface area contributed by atoms with Crippen LogP contribution in [0.25, 0.3) is 0 Å². The molecule has 1 unspecified atom stereocenters. The molecular formula is C10H11F3O2. The summed E-state index contributed by atoms with van der Waals surface area (Å²) in [6.45, 7) is 0.977. The van der Waals surface area contributed by atoms with Gasteiger partial charge in [0.1, 0.15) is 5.75 Å². The highest BCUT2D eigenvalue weighted by Crippen LogP contribution is 2.39. The molecule has 15 heavy (non-hydrogen) atoms. The molecule has 1 atom stereocenters. The standard InChI is InChI=1S/C10H11F3O2/c1-6(5-14)9-7(10(11,12)13)3-2-4-8(9)15/h2-4,6,14-15H,5H2,1H3. The summed E-state index contributed by atoms with van der Waals surface area (Å²) in [5, 5.41) is 18.2. The van der Waals surface area contributed by atoms with Crippen LogP contribution in [-0.4, -0.2) is 16.8 Å². The van der Waals surface area contributed by atoms with Crippen molar-refractivity contribution in [3.8, 4) is 5.75 Å². The first kappa shape index (κ1) is 11.8. The van der Waals surface area contributed by atoms with E-state index in [1.807, 2.05) is 0 Å². The van der Waals surface area contributed by atoms with Crippen molar-refractivity contribution in [2.75, 3.05) is 6.61 Å². The summed E-state index contributed by atoms with van der Waals surface area (Å²) in [4.78, 5) is 0. The largest absolute Gasteiger partial charge is 0.508 e. The van der Waals surface area contributed by atoms with Gasteiger partial charge in [-0.3, -0.25) is 0 Å². The maximum atomic E-state index is 12.5. The van der Waals surface area contributed by atoms with Crippen molar-refractivity contribution in [3.63, 3.8) is 0 Å². The van der Waals surface area contributed by atoms with E-state index in [9.17, 15) is 18.3 Å². The Balaban J connectivity index is 3.33. The van der Waals surface area contributed by atoms with Crippen molar-refractivity contribution in [1.82, 2.24) is 0 Å². The minimum atomic E-state index is -4.52. The maximum absolute atomic E-state index is 12.5. The van der Waals surface area contributed by atoms with Crippen LogP contribution in [0, 0.1) is 0 Å². The third kappa shape index (κ3) is 2.41. The highest BCUT2D eigenvalue weighted by atomic mass is 19.4. The van der Waals surface area contributed by atoms with Crippen molar-refractivity contribution in [2.24, 2.45) is 0 Å². The molecule has 0 amide bonds. The molecule has 0 heterocycles. The Morgan fingerprint density at radius 3 is 2.40 bits per heavy atom. The lowest BCUT2D eigenvalue weighted by molar-refractivity contribution is -0.138. The number of alkyl halides is 3. The molecule has 0 aliphatic rings. The monoisotopic (exact) mass is 220 g/mol. The molecule has 2 nitrogen and oxygen atoms in total. The third-order valence-electron chi connectivity index (χ3n) is 2.16. The minimum Gasteiger partial charge on any atom is -0.508 e. The van der Waals surface area contributed by atoms with Gasteiger partial charge in [0, 0.05) is 18.1 Å². The quantitative estimate of drug-likeness (QED) is 0.803. The van der Waals surface area contributed by atoms with Gasteiger partial charge in [0.2, 0.25) is 0 Å². The van der Waals surface area contributed by atoms with Crippen molar-refractivity contribution in [2.45, 2.75) is 19.0 Å². The summed E-state index contributed by atoms with van der Waals surface area (Å²) < 4.78 is 37.6. The van der Waals surface area contributed by atoms with E-state index in [1.165, 1.54) is 13.0 Å². The van der Waals surface area contributed by atoms with Gasteiger partial charge < -0.3 is 10.2 Å². The van der Waals surface area contributed by atoms with Crippen LogP contribution < -0.4 is 0 Å². The van der Waals surface area contributed by atoms with Crippen molar-refractivity contribution < 1.29 is 23.4 Å². The summed E-state index contributed by atoms with van der Waals surface area (Å²) in [6, 6.07) is 3.20. The van der Waals surface area contributed by atoms with E-state index in [1.54, 1.807) is 0 Å². The molecule has 0 aliphatic carbocycles. The van der Waals surface area contributed by atoms with Crippen molar-refractivity contribution in [1.29, 1.82) is 0 Å². The maximum Gasteiger partial charge on any atom is 0.416 e. The molecule has 1 aromatic rings. The van der Waals surface area contributed by atoms with Crippen LogP contribution in [0.15, 0.2) is 18.2 Å². The van der Waals surface area contributed by atoms with E-state index in [4.69, 9.17) is 5.11 Å². The van der Waals surface area contributed by atoms with Crippen LogP contribution in [0.3, 0.4) is 0 Å². The van der Waals surface area contributed by atoms with Gasteiger partial charge in [-0.1, -0.05) is 13.0 Å². The number of rotatable bonds is 2. The van der Waals surface area contributed by atoms with Gasteiger partial charge in [-0.15, -0.1) is 0 Å². The van der Waals surface area contributed by atoms with Gasteiger partial charge >= 0.3 is 6.18 Å². The molecule has 0 saturated carbocycles. The van der Waals surface area contributed by atoms with Gasteiger partial charge in [-0.05, 0) is 12.1 Å². The fourth-order valence-corrected chi connectivity index (χ4v) is 1.41.